The van der Waals surface area contributed by atoms with Gasteiger partial charge in [0, 0.05) is 36.0 Å². The van der Waals surface area contributed by atoms with Crippen molar-refractivity contribution in [3.8, 4) is 5.75 Å². The van der Waals surface area contributed by atoms with Crippen molar-refractivity contribution in [2.75, 3.05) is 33.2 Å². The molecule has 192 valence electrons. The van der Waals surface area contributed by atoms with E-state index >= 15 is 0 Å². The number of anilines is 1. The summed E-state index contributed by atoms with van der Waals surface area (Å²) in [5, 5.41) is 14.3. The topological polar surface area (TPSA) is 96.4 Å². The van der Waals surface area contributed by atoms with Crippen LogP contribution in [-0.2, 0) is 9.63 Å². The fourth-order valence-corrected chi connectivity index (χ4v) is 3.91. The van der Waals surface area contributed by atoms with E-state index in [9.17, 15) is 9.18 Å². The lowest BCUT2D eigenvalue weighted by molar-refractivity contribution is -0.847. The molecular formula is C26H37FN3O4S+. The summed E-state index contributed by atoms with van der Waals surface area (Å²) in [6.07, 6.45) is 5.55. The lowest BCUT2D eigenvalue weighted by Gasteiger charge is -2.14. The third-order valence-corrected chi connectivity index (χ3v) is 5.49. The number of hydrogen-bond acceptors (Lipinski definition) is 7. The van der Waals surface area contributed by atoms with Gasteiger partial charge < -0.3 is 25.3 Å². The molecule has 2 aromatic carbocycles. The van der Waals surface area contributed by atoms with E-state index in [4.69, 9.17) is 14.7 Å². The molecule has 0 heterocycles. The Morgan fingerprint density at radius 1 is 1.17 bits per heavy atom. The maximum absolute atomic E-state index is 13.7. The standard InChI is InChI=1S/C25H32FN3O3S.CH4O/c1-18(2)14-22(17-30)27-13-12-21(28-20-7-5-6-19(26)15-20)16-25(29-32-4)33-24-10-8-23(31-3)9-11-24;1-2/h5-12,15-18,22,27-29H,13-14H2,1-4H3;2H,1H3/p+1/b21-12+,25-16+;. The molecule has 2 aromatic rings. The van der Waals surface area contributed by atoms with Crippen LogP contribution in [0.4, 0.5) is 10.1 Å². The number of quaternary nitrogens is 1. The first kappa shape index (κ1) is 30.3. The predicted octanol–water partition coefficient (Wildman–Crippen LogP) is 3.70. The summed E-state index contributed by atoms with van der Waals surface area (Å²) in [6, 6.07) is 13.8. The number of aliphatic hydroxyl groups excluding tert-OH is 1. The van der Waals surface area contributed by atoms with Crippen LogP contribution in [0.3, 0.4) is 0 Å². The van der Waals surface area contributed by atoms with Gasteiger partial charge >= 0.3 is 0 Å². The summed E-state index contributed by atoms with van der Waals surface area (Å²) in [5.74, 6) is 0.868. The number of thioether (sulfide) groups is 1. The lowest BCUT2D eigenvalue weighted by Crippen LogP contribution is -2.79. The number of hydrogen-bond donors (Lipinski definition) is 4. The number of carbonyl (C=O) groups excluding carboxylic acids is 1. The first-order valence-electron chi connectivity index (χ1n) is 11.2. The first-order chi connectivity index (χ1) is 16.9. The van der Waals surface area contributed by atoms with Gasteiger partial charge in [-0.1, -0.05) is 19.9 Å². The highest BCUT2D eigenvalue weighted by Crippen LogP contribution is 2.26. The first-order valence-corrected chi connectivity index (χ1v) is 12.0. The van der Waals surface area contributed by atoms with Crippen molar-refractivity contribution in [2.24, 2.45) is 5.92 Å². The van der Waals surface area contributed by atoms with E-state index in [1.807, 2.05) is 36.4 Å². The van der Waals surface area contributed by atoms with Crippen molar-refractivity contribution < 1.29 is 29.3 Å². The lowest BCUT2D eigenvalue weighted by atomic mass is 10.1. The third-order valence-electron chi connectivity index (χ3n) is 4.53. The summed E-state index contributed by atoms with van der Waals surface area (Å²) in [7, 11) is 4.22. The molecule has 0 saturated heterocycles. The molecule has 1 unspecified atom stereocenters. The molecule has 0 aliphatic heterocycles. The number of aliphatic hydroxyl groups is 1. The maximum Gasteiger partial charge on any atom is 0.203 e. The molecule has 0 aliphatic rings. The van der Waals surface area contributed by atoms with Crippen LogP contribution in [0.2, 0.25) is 0 Å². The van der Waals surface area contributed by atoms with E-state index in [0.29, 0.717) is 18.2 Å². The van der Waals surface area contributed by atoms with Crippen LogP contribution in [0.25, 0.3) is 0 Å². The van der Waals surface area contributed by atoms with Crippen molar-refractivity contribution in [1.82, 2.24) is 5.32 Å². The van der Waals surface area contributed by atoms with Gasteiger partial charge in [0.2, 0.25) is 5.03 Å². The number of benzene rings is 2. The van der Waals surface area contributed by atoms with Crippen LogP contribution in [0, 0.1) is 11.7 Å². The molecule has 9 heteroatoms. The summed E-state index contributed by atoms with van der Waals surface area (Å²) < 4.78 is 18.9. The Kier molecular flexibility index (Phi) is 15.3. The van der Waals surface area contributed by atoms with Crippen LogP contribution in [0.15, 0.2) is 76.3 Å². The second kappa shape index (κ2) is 17.7. The summed E-state index contributed by atoms with van der Waals surface area (Å²) >= 11 is 1.52. The molecule has 0 radical (unpaired) electrons. The molecule has 1 atom stereocenters. The summed E-state index contributed by atoms with van der Waals surface area (Å²) in [6.45, 7) is 4.63. The molecule has 0 aliphatic carbocycles. The monoisotopic (exact) mass is 506 g/mol. The Labute approximate surface area is 211 Å². The Morgan fingerprint density at radius 3 is 2.46 bits per heavy atom. The fourth-order valence-electron chi connectivity index (χ4n) is 3.03. The number of allylic oxidation sites excluding steroid dienone is 1. The second-order valence-corrected chi connectivity index (χ2v) is 8.90. The molecule has 0 aromatic heterocycles. The number of nitrogens with two attached hydrogens (primary N) is 1. The third kappa shape index (κ3) is 12.5. The fraction of sp³-hybridized carbons (Fsp3) is 0.346. The van der Waals surface area contributed by atoms with Crippen molar-refractivity contribution in [3.63, 3.8) is 0 Å². The van der Waals surface area contributed by atoms with Gasteiger partial charge in [-0.25, -0.2) is 9.23 Å². The molecular weight excluding hydrogens is 469 g/mol. The second-order valence-electron chi connectivity index (χ2n) is 7.75. The normalized spacial score (nSPS) is 12.6. The minimum absolute atomic E-state index is 0.223. The van der Waals surface area contributed by atoms with Gasteiger partial charge in [-0.15, -0.1) is 0 Å². The summed E-state index contributed by atoms with van der Waals surface area (Å²) in [5.41, 5.74) is 3.01. The number of ether oxygens (including phenoxy) is 1. The van der Waals surface area contributed by atoms with Gasteiger partial charge in [-0.2, -0.15) is 5.48 Å². The van der Waals surface area contributed by atoms with Gasteiger partial charge in [-0.3, -0.25) is 0 Å². The average Bonchev–Trinajstić information content (AvgIpc) is 2.85. The van der Waals surface area contributed by atoms with E-state index in [0.717, 1.165) is 41.2 Å². The quantitative estimate of drug-likeness (QED) is 0.134. The van der Waals surface area contributed by atoms with Crippen LogP contribution in [0.5, 0.6) is 5.75 Å². The smallest absolute Gasteiger partial charge is 0.203 e. The molecule has 35 heavy (non-hydrogen) atoms. The molecule has 0 bridgehead atoms. The number of halogens is 1. The Bertz CT molecular complexity index is 936. The Balaban J connectivity index is 0.00000298. The molecule has 2 rings (SSSR count). The van der Waals surface area contributed by atoms with Crippen LogP contribution >= 0.6 is 11.8 Å². The zero-order valence-corrected chi connectivity index (χ0v) is 21.8. The van der Waals surface area contributed by atoms with Crippen LogP contribution in [0.1, 0.15) is 20.3 Å². The van der Waals surface area contributed by atoms with E-state index in [1.54, 1.807) is 31.8 Å². The number of rotatable bonds is 14. The van der Waals surface area contributed by atoms with E-state index < -0.39 is 0 Å². The molecule has 7 nitrogen and oxygen atoms in total. The van der Waals surface area contributed by atoms with Crippen LogP contribution < -0.4 is 20.9 Å². The van der Waals surface area contributed by atoms with Crippen molar-refractivity contribution in [3.05, 3.63) is 77.2 Å². The summed E-state index contributed by atoms with van der Waals surface area (Å²) in [4.78, 5) is 17.7. The van der Waals surface area contributed by atoms with Crippen LogP contribution in [-0.4, -0.2) is 45.3 Å². The van der Waals surface area contributed by atoms with Crippen molar-refractivity contribution in [1.29, 1.82) is 0 Å². The predicted molar refractivity (Wildman–Crippen MR) is 139 cm³/mol. The average molecular weight is 507 g/mol. The highest BCUT2D eigenvalue weighted by molar-refractivity contribution is 8.02. The molecule has 5 N–H and O–H groups in total. The number of nitrogens with one attached hydrogen (secondary N) is 2. The molecule has 0 spiro atoms. The minimum atomic E-state index is -0.323. The van der Waals surface area contributed by atoms with Crippen molar-refractivity contribution >= 4 is 23.7 Å². The van der Waals surface area contributed by atoms with E-state index in [2.05, 4.69) is 24.5 Å². The minimum Gasteiger partial charge on any atom is -0.497 e. The zero-order valence-electron chi connectivity index (χ0n) is 21.0. The Morgan fingerprint density at radius 2 is 1.89 bits per heavy atom. The highest BCUT2D eigenvalue weighted by atomic mass is 32.2. The molecule has 0 saturated carbocycles. The van der Waals surface area contributed by atoms with E-state index in [1.165, 1.54) is 23.9 Å². The Hall–Kier alpha value is -2.69. The SMILES string of the molecule is CO.CO[NH2+]/C(=C\C(=C/CNC(C=O)CC(C)C)Nc1cccc(F)c1)Sc1ccc(OC)cc1. The largest absolute Gasteiger partial charge is 0.497 e. The van der Waals surface area contributed by atoms with Gasteiger partial charge in [-0.05, 0) is 72.6 Å². The highest BCUT2D eigenvalue weighted by Gasteiger charge is 2.10. The van der Waals surface area contributed by atoms with Gasteiger partial charge in [0.15, 0.2) is 0 Å². The zero-order chi connectivity index (χ0) is 26.1. The number of carbonyl (C=O) groups is 1. The van der Waals surface area contributed by atoms with Crippen molar-refractivity contribution in [2.45, 2.75) is 31.2 Å². The van der Waals surface area contributed by atoms with E-state index in [-0.39, 0.29) is 11.9 Å². The number of hydroxylamine groups is 1. The number of methoxy groups -OCH3 is 1. The molecule has 0 fully saturated rings. The maximum atomic E-state index is 13.7. The van der Waals surface area contributed by atoms with Gasteiger partial charge in [0.25, 0.3) is 0 Å². The molecule has 0 amide bonds. The van der Waals surface area contributed by atoms with Gasteiger partial charge in [0.1, 0.15) is 17.9 Å². The number of aldehydes is 1. The van der Waals surface area contributed by atoms with Gasteiger partial charge in [0.05, 0.1) is 20.3 Å².